The van der Waals surface area contributed by atoms with Crippen molar-refractivity contribution in [3.63, 3.8) is 0 Å². The second-order valence-corrected chi connectivity index (χ2v) is 10.0. The van der Waals surface area contributed by atoms with Crippen LogP contribution in [-0.2, 0) is 16.0 Å². The van der Waals surface area contributed by atoms with Crippen LogP contribution >= 0.6 is 0 Å². The maximum atomic E-state index is 14.0. The highest BCUT2D eigenvalue weighted by atomic mass is 32.2. The molecule has 33 heavy (non-hydrogen) atoms. The van der Waals surface area contributed by atoms with Gasteiger partial charge in [0, 0.05) is 19.2 Å². The summed E-state index contributed by atoms with van der Waals surface area (Å²) in [5.41, 5.74) is -1.00. The van der Waals surface area contributed by atoms with Crippen LogP contribution < -0.4 is 9.47 Å². The second kappa shape index (κ2) is 9.20. The number of benzene rings is 2. The van der Waals surface area contributed by atoms with E-state index in [0.717, 1.165) is 6.26 Å². The SMILES string of the molecule is CC(C)Oc1ccc(S(C)(=O)=O)cc1C(=O)N1CCC(Oc2cc(C(F)(F)F)ccc2F)C1. The van der Waals surface area contributed by atoms with Crippen LogP contribution in [-0.4, -0.2) is 50.8 Å². The molecule has 0 aliphatic carbocycles. The van der Waals surface area contributed by atoms with Gasteiger partial charge in [0.2, 0.25) is 0 Å². The fourth-order valence-corrected chi connectivity index (χ4v) is 4.04. The molecule has 1 fully saturated rings. The Morgan fingerprint density at radius 2 is 1.82 bits per heavy atom. The van der Waals surface area contributed by atoms with Crippen molar-refractivity contribution in [1.29, 1.82) is 0 Å². The van der Waals surface area contributed by atoms with E-state index in [1.807, 2.05) is 0 Å². The highest BCUT2D eigenvalue weighted by molar-refractivity contribution is 7.90. The average molecular weight is 489 g/mol. The first-order valence-electron chi connectivity index (χ1n) is 10.1. The van der Waals surface area contributed by atoms with Crippen molar-refractivity contribution < 1.29 is 40.2 Å². The van der Waals surface area contributed by atoms with Crippen LogP contribution in [0.15, 0.2) is 41.3 Å². The van der Waals surface area contributed by atoms with E-state index >= 15 is 0 Å². The first-order valence-corrected chi connectivity index (χ1v) is 12.0. The zero-order valence-electron chi connectivity index (χ0n) is 18.1. The van der Waals surface area contributed by atoms with Gasteiger partial charge in [0.05, 0.1) is 28.7 Å². The number of hydrogen-bond donors (Lipinski definition) is 0. The molecule has 1 aliphatic heterocycles. The Hall–Kier alpha value is -2.82. The van der Waals surface area contributed by atoms with Crippen LogP contribution in [0.4, 0.5) is 17.6 Å². The monoisotopic (exact) mass is 489 g/mol. The highest BCUT2D eigenvalue weighted by Gasteiger charge is 2.34. The van der Waals surface area contributed by atoms with Crippen LogP contribution in [0.5, 0.6) is 11.5 Å². The lowest BCUT2D eigenvalue weighted by Crippen LogP contribution is -2.31. The third kappa shape index (κ3) is 5.95. The standard InChI is InChI=1S/C22H23F4NO5S/c1-13(2)31-19-7-5-16(33(3,29)30)11-17(19)21(28)27-9-8-15(12-27)32-20-10-14(22(24,25)26)4-6-18(20)23/h4-7,10-11,13,15H,8-9,12H2,1-3H3. The number of sulfone groups is 1. The Morgan fingerprint density at radius 3 is 2.42 bits per heavy atom. The first-order chi connectivity index (χ1) is 15.3. The molecule has 1 amide bonds. The van der Waals surface area contributed by atoms with E-state index in [2.05, 4.69) is 0 Å². The zero-order chi connectivity index (χ0) is 24.6. The molecule has 2 aromatic carbocycles. The summed E-state index contributed by atoms with van der Waals surface area (Å²) in [4.78, 5) is 14.5. The summed E-state index contributed by atoms with van der Waals surface area (Å²) < 4.78 is 87.8. The molecule has 0 aromatic heterocycles. The van der Waals surface area contributed by atoms with Crippen molar-refractivity contribution in [2.75, 3.05) is 19.3 Å². The zero-order valence-corrected chi connectivity index (χ0v) is 19.0. The molecular weight excluding hydrogens is 466 g/mol. The van der Waals surface area contributed by atoms with Gasteiger partial charge in [-0.2, -0.15) is 13.2 Å². The Kier molecular flexibility index (Phi) is 6.92. The van der Waals surface area contributed by atoms with Gasteiger partial charge in [0.15, 0.2) is 21.4 Å². The number of nitrogens with zero attached hydrogens (tertiary/aromatic N) is 1. The van der Waals surface area contributed by atoms with Gasteiger partial charge in [0.25, 0.3) is 5.91 Å². The molecule has 0 spiro atoms. The van der Waals surface area contributed by atoms with Gasteiger partial charge in [-0.3, -0.25) is 4.79 Å². The Bertz CT molecular complexity index is 1150. The average Bonchev–Trinajstić information content (AvgIpc) is 3.16. The molecule has 180 valence electrons. The molecule has 0 bridgehead atoms. The Labute approximate surface area is 189 Å². The second-order valence-electron chi connectivity index (χ2n) is 8.02. The summed E-state index contributed by atoms with van der Waals surface area (Å²) in [5, 5.41) is 0. The maximum absolute atomic E-state index is 14.0. The number of carbonyl (C=O) groups excluding carboxylic acids is 1. The molecule has 1 saturated heterocycles. The van der Waals surface area contributed by atoms with Gasteiger partial charge >= 0.3 is 6.18 Å². The van der Waals surface area contributed by atoms with Gasteiger partial charge in [-0.25, -0.2) is 12.8 Å². The minimum absolute atomic E-state index is 0.0151. The van der Waals surface area contributed by atoms with Crippen LogP contribution in [0.1, 0.15) is 36.2 Å². The fourth-order valence-electron chi connectivity index (χ4n) is 3.39. The Balaban J connectivity index is 1.81. The molecule has 1 atom stereocenters. The van der Waals surface area contributed by atoms with E-state index in [0.29, 0.717) is 18.2 Å². The molecular formula is C22H23F4NO5S. The number of amides is 1. The molecule has 0 saturated carbocycles. The van der Waals surface area contributed by atoms with Crippen molar-refractivity contribution >= 4 is 15.7 Å². The van der Waals surface area contributed by atoms with Gasteiger partial charge in [-0.15, -0.1) is 0 Å². The van der Waals surface area contributed by atoms with Crippen LogP contribution in [0, 0.1) is 5.82 Å². The highest BCUT2D eigenvalue weighted by Crippen LogP contribution is 2.34. The number of halogens is 4. The minimum Gasteiger partial charge on any atom is -0.490 e. The minimum atomic E-state index is -4.65. The number of ether oxygens (including phenoxy) is 2. The Morgan fingerprint density at radius 1 is 1.12 bits per heavy atom. The lowest BCUT2D eigenvalue weighted by molar-refractivity contribution is -0.137. The lowest BCUT2D eigenvalue weighted by Gasteiger charge is -2.21. The predicted molar refractivity (Wildman–Crippen MR) is 112 cm³/mol. The normalized spacial score (nSPS) is 16.8. The first kappa shape index (κ1) is 24.8. The molecule has 11 heteroatoms. The molecule has 0 radical (unpaired) electrons. The van der Waals surface area contributed by atoms with Crippen molar-refractivity contribution in [2.45, 2.75) is 43.5 Å². The topological polar surface area (TPSA) is 72.9 Å². The van der Waals surface area contributed by atoms with E-state index in [1.165, 1.54) is 23.1 Å². The molecule has 2 aromatic rings. The predicted octanol–water partition coefficient (Wildman–Crippen LogP) is 4.33. The van der Waals surface area contributed by atoms with Gasteiger partial charge in [0.1, 0.15) is 11.9 Å². The smallest absolute Gasteiger partial charge is 0.416 e. The van der Waals surface area contributed by atoms with Crippen LogP contribution in [0.3, 0.4) is 0 Å². The maximum Gasteiger partial charge on any atom is 0.416 e. The summed E-state index contributed by atoms with van der Waals surface area (Å²) in [6.07, 6.45) is -4.39. The van der Waals surface area contributed by atoms with E-state index in [-0.39, 0.29) is 41.8 Å². The number of likely N-dealkylation sites (tertiary alicyclic amines) is 1. The largest absolute Gasteiger partial charge is 0.490 e. The summed E-state index contributed by atoms with van der Waals surface area (Å²) in [6.45, 7) is 3.68. The third-order valence-corrected chi connectivity index (χ3v) is 6.07. The quantitative estimate of drug-likeness (QED) is 0.565. The third-order valence-electron chi connectivity index (χ3n) is 4.96. The molecule has 1 heterocycles. The van der Waals surface area contributed by atoms with Crippen molar-refractivity contribution in [3.8, 4) is 11.5 Å². The van der Waals surface area contributed by atoms with Gasteiger partial charge < -0.3 is 14.4 Å². The molecule has 1 unspecified atom stereocenters. The number of rotatable bonds is 6. The van der Waals surface area contributed by atoms with Crippen molar-refractivity contribution in [2.24, 2.45) is 0 Å². The van der Waals surface area contributed by atoms with Gasteiger partial charge in [-0.05, 0) is 50.2 Å². The van der Waals surface area contributed by atoms with Crippen LogP contribution in [0.25, 0.3) is 0 Å². The molecule has 3 rings (SSSR count). The summed E-state index contributed by atoms with van der Waals surface area (Å²) >= 11 is 0. The summed E-state index contributed by atoms with van der Waals surface area (Å²) in [6, 6.07) is 5.88. The van der Waals surface area contributed by atoms with Crippen LogP contribution in [0.2, 0.25) is 0 Å². The number of hydrogen-bond acceptors (Lipinski definition) is 5. The molecule has 1 aliphatic rings. The molecule has 6 nitrogen and oxygen atoms in total. The van der Waals surface area contributed by atoms with E-state index < -0.39 is 45.2 Å². The lowest BCUT2D eigenvalue weighted by atomic mass is 10.1. The molecule has 0 N–H and O–H groups in total. The van der Waals surface area contributed by atoms with E-state index in [9.17, 15) is 30.8 Å². The van der Waals surface area contributed by atoms with E-state index in [4.69, 9.17) is 9.47 Å². The fraction of sp³-hybridized carbons (Fsp3) is 0.409. The van der Waals surface area contributed by atoms with E-state index in [1.54, 1.807) is 13.8 Å². The number of alkyl halides is 3. The summed E-state index contributed by atoms with van der Waals surface area (Å²) in [7, 11) is -3.58. The van der Waals surface area contributed by atoms with Gasteiger partial charge in [-0.1, -0.05) is 0 Å². The van der Waals surface area contributed by atoms with Crippen molar-refractivity contribution in [1.82, 2.24) is 4.90 Å². The number of carbonyl (C=O) groups is 1. The summed E-state index contributed by atoms with van der Waals surface area (Å²) in [5.74, 6) is -1.81. The van der Waals surface area contributed by atoms with Crippen molar-refractivity contribution in [3.05, 3.63) is 53.3 Å².